The molecule has 0 spiro atoms. The molecule has 0 bridgehead atoms. The summed E-state index contributed by atoms with van der Waals surface area (Å²) in [4.78, 5) is 11.7. The van der Waals surface area contributed by atoms with Gasteiger partial charge >= 0.3 is 0 Å². The average molecular weight is 311 g/mol. The van der Waals surface area contributed by atoms with Crippen LogP contribution in [0.15, 0.2) is 24.3 Å². The standard InChI is InChI=1S/C12H13ClF2N2O.ClH/c13-9-4-2-1-3-8(9)6-16-11(18)10-5-12(14,15)7-17-10;/h1-4,10,17H,5-7H2,(H,16,18);1H. The fourth-order valence-corrected chi connectivity index (χ4v) is 2.05. The molecule has 1 aromatic carbocycles. The lowest BCUT2D eigenvalue weighted by Crippen LogP contribution is -2.40. The Bertz CT molecular complexity index is 457. The van der Waals surface area contributed by atoms with E-state index in [4.69, 9.17) is 11.6 Å². The van der Waals surface area contributed by atoms with Gasteiger partial charge in [0.1, 0.15) is 0 Å². The third kappa shape index (κ3) is 4.30. The Morgan fingerprint density at radius 1 is 1.47 bits per heavy atom. The number of amides is 1. The van der Waals surface area contributed by atoms with Crippen LogP contribution in [0.4, 0.5) is 8.78 Å². The van der Waals surface area contributed by atoms with Crippen LogP contribution in [0, 0.1) is 0 Å². The molecule has 0 aliphatic carbocycles. The third-order valence-corrected chi connectivity index (χ3v) is 3.21. The highest BCUT2D eigenvalue weighted by molar-refractivity contribution is 6.31. The highest BCUT2D eigenvalue weighted by atomic mass is 35.5. The van der Waals surface area contributed by atoms with Gasteiger partial charge in [-0.1, -0.05) is 29.8 Å². The Hall–Kier alpha value is -0.910. The van der Waals surface area contributed by atoms with Crippen LogP contribution in [0.5, 0.6) is 0 Å². The monoisotopic (exact) mass is 310 g/mol. The number of hydrogen-bond acceptors (Lipinski definition) is 2. The second-order valence-electron chi connectivity index (χ2n) is 4.30. The van der Waals surface area contributed by atoms with Crippen molar-refractivity contribution in [2.24, 2.45) is 0 Å². The summed E-state index contributed by atoms with van der Waals surface area (Å²) in [5.41, 5.74) is 0.761. The minimum absolute atomic E-state index is 0. The van der Waals surface area contributed by atoms with Gasteiger partial charge in [-0.15, -0.1) is 12.4 Å². The molecule has 1 aliphatic heterocycles. The van der Waals surface area contributed by atoms with E-state index >= 15 is 0 Å². The van der Waals surface area contributed by atoms with E-state index in [1.54, 1.807) is 24.3 Å². The van der Waals surface area contributed by atoms with Gasteiger partial charge in [-0.2, -0.15) is 0 Å². The quantitative estimate of drug-likeness (QED) is 0.900. The molecule has 3 nitrogen and oxygen atoms in total. The lowest BCUT2D eigenvalue weighted by atomic mass is 10.1. The minimum Gasteiger partial charge on any atom is -0.351 e. The van der Waals surface area contributed by atoms with Crippen molar-refractivity contribution in [2.45, 2.75) is 24.9 Å². The van der Waals surface area contributed by atoms with Crippen molar-refractivity contribution in [3.05, 3.63) is 34.9 Å². The first-order valence-electron chi connectivity index (χ1n) is 5.60. The van der Waals surface area contributed by atoms with Crippen LogP contribution < -0.4 is 10.6 Å². The van der Waals surface area contributed by atoms with Crippen molar-refractivity contribution in [1.82, 2.24) is 10.6 Å². The zero-order valence-corrected chi connectivity index (χ0v) is 11.5. The van der Waals surface area contributed by atoms with Gasteiger partial charge in [0.05, 0.1) is 12.6 Å². The fraction of sp³-hybridized carbons (Fsp3) is 0.417. The predicted octanol–water partition coefficient (Wildman–Crippen LogP) is 2.38. The molecule has 1 heterocycles. The van der Waals surface area contributed by atoms with Crippen molar-refractivity contribution in [1.29, 1.82) is 0 Å². The largest absolute Gasteiger partial charge is 0.351 e. The van der Waals surface area contributed by atoms with Gasteiger partial charge in [0.2, 0.25) is 5.91 Å². The van der Waals surface area contributed by atoms with Crippen LogP contribution in [-0.4, -0.2) is 24.4 Å². The second-order valence-corrected chi connectivity index (χ2v) is 4.71. The molecule has 106 valence electrons. The maximum atomic E-state index is 12.9. The molecule has 1 unspecified atom stereocenters. The summed E-state index contributed by atoms with van der Waals surface area (Å²) in [7, 11) is 0. The number of halogens is 4. The molecule has 1 saturated heterocycles. The molecule has 1 amide bonds. The number of alkyl halides is 2. The van der Waals surface area contributed by atoms with Crippen LogP contribution in [0.25, 0.3) is 0 Å². The van der Waals surface area contributed by atoms with Crippen LogP contribution >= 0.6 is 24.0 Å². The minimum atomic E-state index is -2.80. The predicted molar refractivity (Wildman–Crippen MR) is 71.9 cm³/mol. The first-order valence-corrected chi connectivity index (χ1v) is 5.98. The van der Waals surface area contributed by atoms with E-state index < -0.39 is 30.8 Å². The Labute approximate surface area is 121 Å². The van der Waals surface area contributed by atoms with Crippen LogP contribution in [0.3, 0.4) is 0 Å². The Morgan fingerprint density at radius 3 is 2.74 bits per heavy atom. The van der Waals surface area contributed by atoms with Crippen molar-refractivity contribution in [2.75, 3.05) is 6.54 Å². The number of carbonyl (C=O) groups excluding carboxylic acids is 1. The van der Waals surface area contributed by atoms with E-state index in [1.165, 1.54) is 0 Å². The summed E-state index contributed by atoms with van der Waals surface area (Å²) >= 11 is 5.93. The maximum absolute atomic E-state index is 12.9. The number of carbonyl (C=O) groups is 1. The van der Waals surface area contributed by atoms with Crippen LogP contribution in [0.2, 0.25) is 5.02 Å². The summed E-state index contributed by atoms with van der Waals surface area (Å²) in [6, 6.07) is 6.24. The molecule has 1 aliphatic rings. The van der Waals surface area contributed by atoms with E-state index in [9.17, 15) is 13.6 Å². The molecule has 0 aromatic heterocycles. The first kappa shape index (κ1) is 16.1. The van der Waals surface area contributed by atoms with E-state index in [1.807, 2.05) is 0 Å². The molecule has 2 rings (SSSR count). The number of rotatable bonds is 3. The van der Waals surface area contributed by atoms with E-state index in [2.05, 4.69) is 10.6 Å². The van der Waals surface area contributed by atoms with Gasteiger partial charge in [0.25, 0.3) is 5.92 Å². The Kier molecular flexibility index (Phi) is 5.52. The molecular weight excluding hydrogens is 297 g/mol. The van der Waals surface area contributed by atoms with Crippen molar-refractivity contribution in [3.63, 3.8) is 0 Å². The third-order valence-electron chi connectivity index (χ3n) is 2.84. The van der Waals surface area contributed by atoms with Gasteiger partial charge in [-0.25, -0.2) is 8.78 Å². The average Bonchev–Trinajstić information content (AvgIpc) is 2.68. The molecule has 1 fully saturated rings. The van der Waals surface area contributed by atoms with Gasteiger partial charge in [0, 0.05) is 18.0 Å². The Morgan fingerprint density at radius 2 is 2.16 bits per heavy atom. The van der Waals surface area contributed by atoms with Gasteiger partial charge in [-0.3, -0.25) is 10.1 Å². The summed E-state index contributed by atoms with van der Waals surface area (Å²) in [6.07, 6.45) is -0.457. The molecule has 7 heteroatoms. The van der Waals surface area contributed by atoms with Crippen LogP contribution in [0.1, 0.15) is 12.0 Å². The number of hydrogen-bond donors (Lipinski definition) is 2. The lowest BCUT2D eigenvalue weighted by molar-refractivity contribution is -0.123. The van der Waals surface area contributed by atoms with E-state index in [0.29, 0.717) is 5.02 Å². The summed E-state index contributed by atoms with van der Waals surface area (Å²) in [5.74, 6) is -3.22. The molecular formula is C12H14Cl2F2N2O. The zero-order valence-electron chi connectivity index (χ0n) is 9.96. The normalized spacial score (nSPS) is 20.7. The van der Waals surface area contributed by atoms with Gasteiger partial charge in [0.15, 0.2) is 0 Å². The van der Waals surface area contributed by atoms with Crippen molar-refractivity contribution >= 4 is 29.9 Å². The summed E-state index contributed by atoms with van der Waals surface area (Å²) in [6.45, 7) is -0.209. The maximum Gasteiger partial charge on any atom is 0.262 e. The summed E-state index contributed by atoms with van der Waals surface area (Å²) < 4.78 is 25.8. The van der Waals surface area contributed by atoms with Crippen LogP contribution in [-0.2, 0) is 11.3 Å². The first-order chi connectivity index (χ1) is 8.48. The van der Waals surface area contributed by atoms with Gasteiger partial charge < -0.3 is 5.32 Å². The topological polar surface area (TPSA) is 41.1 Å². The zero-order chi connectivity index (χ0) is 13.2. The molecule has 2 N–H and O–H groups in total. The molecule has 1 atom stereocenters. The number of benzene rings is 1. The molecule has 19 heavy (non-hydrogen) atoms. The van der Waals surface area contributed by atoms with Crippen molar-refractivity contribution < 1.29 is 13.6 Å². The Balaban J connectivity index is 0.00000180. The van der Waals surface area contributed by atoms with E-state index in [-0.39, 0.29) is 19.0 Å². The highest BCUT2D eigenvalue weighted by Crippen LogP contribution is 2.25. The molecule has 1 aromatic rings. The fourth-order valence-electron chi connectivity index (χ4n) is 1.85. The molecule has 0 radical (unpaired) electrons. The van der Waals surface area contributed by atoms with Crippen molar-refractivity contribution in [3.8, 4) is 0 Å². The summed E-state index contributed by atoms with van der Waals surface area (Å²) in [5, 5.41) is 5.65. The SMILES string of the molecule is Cl.O=C(NCc1ccccc1Cl)C1CC(F)(F)CN1. The molecule has 0 saturated carbocycles. The lowest BCUT2D eigenvalue weighted by Gasteiger charge is -2.11. The van der Waals surface area contributed by atoms with E-state index in [0.717, 1.165) is 5.56 Å². The number of nitrogens with one attached hydrogen (secondary N) is 2. The second kappa shape index (κ2) is 6.50. The van der Waals surface area contributed by atoms with Gasteiger partial charge in [-0.05, 0) is 11.6 Å². The highest BCUT2D eigenvalue weighted by Gasteiger charge is 2.42. The smallest absolute Gasteiger partial charge is 0.262 e.